The smallest absolute Gasteiger partial charge is 0.319 e. The van der Waals surface area contributed by atoms with Crippen molar-refractivity contribution in [3.05, 3.63) is 59.7 Å². The monoisotopic (exact) mass is 365 g/mol. The molecule has 3 N–H and O–H groups in total. The quantitative estimate of drug-likeness (QED) is 0.705. The third-order valence-corrected chi connectivity index (χ3v) is 3.99. The summed E-state index contributed by atoms with van der Waals surface area (Å²) in [6.07, 6.45) is 4.12. The number of hydrogen-bond acceptors (Lipinski definition) is 3. The molecular weight excluding hydrogens is 342 g/mol. The number of amides is 3. The number of hydrogen-bond donors (Lipinski definition) is 3. The maximum Gasteiger partial charge on any atom is 0.319 e. The van der Waals surface area contributed by atoms with E-state index in [1.165, 1.54) is 6.08 Å². The zero-order valence-corrected chi connectivity index (χ0v) is 15.4. The number of urea groups is 1. The van der Waals surface area contributed by atoms with E-state index in [-0.39, 0.29) is 18.0 Å². The van der Waals surface area contributed by atoms with Gasteiger partial charge in [0, 0.05) is 18.5 Å². The van der Waals surface area contributed by atoms with Gasteiger partial charge in [-0.15, -0.1) is 0 Å². The number of ether oxygens (including phenoxy) is 1. The molecule has 140 valence electrons. The van der Waals surface area contributed by atoms with Crippen LogP contribution in [0, 0.1) is 0 Å². The molecule has 3 amide bonds. The number of carbonyl (C=O) groups excluding carboxylic acids is 2. The molecule has 1 aliphatic heterocycles. The molecule has 6 nitrogen and oxygen atoms in total. The van der Waals surface area contributed by atoms with Gasteiger partial charge in [0.2, 0.25) is 5.91 Å². The van der Waals surface area contributed by atoms with E-state index in [0.717, 1.165) is 23.3 Å². The minimum atomic E-state index is -0.317. The van der Waals surface area contributed by atoms with Crippen molar-refractivity contribution in [2.75, 3.05) is 17.2 Å². The van der Waals surface area contributed by atoms with Crippen molar-refractivity contribution in [1.82, 2.24) is 5.32 Å². The highest BCUT2D eigenvalue weighted by Gasteiger charge is 2.11. The van der Waals surface area contributed by atoms with Gasteiger partial charge in [-0.3, -0.25) is 4.79 Å². The first-order valence-electron chi connectivity index (χ1n) is 8.92. The minimum Gasteiger partial charge on any atom is -0.493 e. The first-order chi connectivity index (χ1) is 13.0. The summed E-state index contributed by atoms with van der Waals surface area (Å²) in [6.45, 7) is 4.46. The Labute approximate surface area is 158 Å². The average molecular weight is 365 g/mol. The van der Waals surface area contributed by atoms with E-state index >= 15 is 0 Å². The molecular formula is C21H23N3O3. The van der Waals surface area contributed by atoms with Crippen LogP contribution in [-0.4, -0.2) is 24.6 Å². The van der Waals surface area contributed by atoms with Gasteiger partial charge in [0.1, 0.15) is 5.75 Å². The molecule has 0 radical (unpaired) electrons. The third-order valence-electron chi connectivity index (χ3n) is 3.99. The van der Waals surface area contributed by atoms with Crippen LogP contribution in [0.5, 0.6) is 5.75 Å². The summed E-state index contributed by atoms with van der Waals surface area (Å²) in [4.78, 5) is 24.2. The number of rotatable bonds is 5. The largest absolute Gasteiger partial charge is 0.493 e. The summed E-state index contributed by atoms with van der Waals surface area (Å²) in [5.74, 6) is 0.640. The molecule has 0 unspecified atom stereocenters. The van der Waals surface area contributed by atoms with Gasteiger partial charge >= 0.3 is 6.03 Å². The van der Waals surface area contributed by atoms with Gasteiger partial charge < -0.3 is 20.7 Å². The Morgan fingerprint density at radius 3 is 2.56 bits per heavy atom. The summed E-state index contributed by atoms with van der Waals surface area (Å²) in [5, 5.41) is 8.30. The van der Waals surface area contributed by atoms with Crippen molar-refractivity contribution < 1.29 is 14.3 Å². The van der Waals surface area contributed by atoms with Gasteiger partial charge in [-0.1, -0.05) is 18.2 Å². The zero-order valence-electron chi connectivity index (χ0n) is 15.4. The Morgan fingerprint density at radius 1 is 1.07 bits per heavy atom. The number of fused-ring (bicyclic) bond motifs is 1. The molecule has 0 aromatic heterocycles. The van der Waals surface area contributed by atoms with Crippen LogP contribution in [-0.2, 0) is 11.2 Å². The van der Waals surface area contributed by atoms with Crippen LogP contribution < -0.4 is 20.7 Å². The molecule has 6 heteroatoms. The second-order valence-corrected chi connectivity index (χ2v) is 6.59. The highest BCUT2D eigenvalue weighted by atomic mass is 16.5. The fourth-order valence-corrected chi connectivity index (χ4v) is 2.78. The van der Waals surface area contributed by atoms with Crippen LogP contribution >= 0.6 is 0 Å². The Balaban J connectivity index is 1.65. The molecule has 0 atom stereocenters. The number of carbonyl (C=O) groups is 2. The molecule has 1 aliphatic rings. The predicted octanol–water partition coefficient (Wildman–Crippen LogP) is 3.80. The van der Waals surface area contributed by atoms with E-state index in [9.17, 15) is 9.59 Å². The number of benzene rings is 2. The van der Waals surface area contributed by atoms with Crippen LogP contribution in [0.4, 0.5) is 16.2 Å². The number of para-hydroxylation sites is 2. The average Bonchev–Trinajstić information content (AvgIpc) is 3.08. The van der Waals surface area contributed by atoms with Crippen LogP contribution in [0.15, 0.2) is 48.5 Å². The normalized spacial score (nSPS) is 12.6. The van der Waals surface area contributed by atoms with E-state index in [1.54, 1.807) is 30.3 Å². The second-order valence-electron chi connectivity index (χ2n) is 6.59. The summed E-state index contributed by atoms with van der Waals surface area (Å²) in [6, 6.07) is 12.6. The Bertz CT molecular complexity index is 875. The molecule has 1 heterocycles. The van der Waals surface area contributed by atoms with E-state index in [1.807, 2.05) is 32.0 Å². The summed E-state index contributed by atoms with van der Waals surface area (Å²) in [7, 11) is 0. The molecule has 2 aromatic carbocycles. The summed E-state index contributed by atoms with van der Waals surface area (Å²) < 4.78 is 5.48. The molecule has 0 aliphatic carbocycles. The Morgan fingerprint density at radius 2 is 1.81 bits per heavy atom. The van der Waals surface area contributed by atoms with Crippen LogP contribution in [0.2, 0.25) is 0 Å². The summed E-state index contributed by atoms with van der Waals surface area (Å²) in [5.41, 5.74) is 3.17. The first kappa shape index (κ1) is 18.5. The van der Waals surface area contributed by atoms with Gasteiger partial charge in [0.05, 0.1) is 18.0 Å². The van der Waals surface area contributed by atoms with E-state index in [2.05, 4.69) is 16.0 Å². The van der Waals surface area contributed by atoms with E-state index in [0.29, 0.717) is 18.0 Å². The third kappa shape index (κ3) is 5.10. The summed E-state index contributed by atoms with van der Waals surface area (Å²) >= 11 is 0. The molecule has 3 rings (SSSR count). The highest BCUT2D eigenvalue weighted by molar-refractivity contribution is 6.05. The van der Waals surface area contributed by atoms with Gasteiger partial charge in [0.25, 0.3) is 0 Å². The topological polar surface area (TPSA) is 79.5 Å². The van der Waals surface area contributed by atoms with Gasteiger partial charge in [-0.05, 0) is 55.3 Å². The Kier molecular flexibility index (Phi) is 5.76. The molecule has 0 spiro atoms. The fraction of sp³-hybridized carbons (Fsp3) is 0.238. The van der Waals surface area contributed by atoms with Gasteiger partial charge in [0.15, 0.2) is 0 Å². The minimum absolute atomic E-state index is 0.0207. The molecule has 0 bridgehead atoms. The van der Waals surface area contributed by atoms with Crippen LogP contribution in [0.3, 0.4) is 0 Å². The maximum atomic E-state index is 12.3. The maximum absolute atomic E-state index is 12.3. The van der Waals surface area contributed by atoms with E-state index < -0.39 is 0 Å². The second kappa shape index (κ2) is 8.40. The number of nitrogens with one attached hydrogen (secondary N) is 3. The van der Waals surface area contributed by atoms with Crippen molar-refractivity contribution in [2.24, 2.45) is 0 Å². The molecule has 2 aromatic rings. The van der Waals surface area contributed by atoms with Crippen molar-refractivity contribution in [3.63, 3.8) is 0 Å². The first-order valence-corrected chi connectivity index (χ1v) is 8.92. The van der Waals surface area contributed by atoms with Crippen molar-refractivity contribution in [2.45, 2.75) is 26.3 Å². The lowest BCUT2D eigenvalue weighted by molar-refractivity contribution is -0.111. The zero-order chi connectivity index (χ0) is 19.2. The lowest BCUT2D eigenvalue weighted by atomic mass is 10.1. The Hall–Kier alpha value is -3.28. The predicted molar refractivity (Wildman–Crippen MR) is 107 cm³/mol. The van der Waals surface area contributed by atoms with Gasteiger partial charge in [-0.25, -0.2) is 4.79 Å². The van der Waals surface area contributed by atoms with Crippen LogP contribution in [0.25, 0.3) is 6.08 Å². The standard InChI is InChI=1S/C21H23N3O3/c1-14(2)22-21(26)24-18-6-4-3-5-17(18)23-20(25)10-8-15-7-9-19-16(13-15)11-12-27-19/h3-10,13-14H,11-12H2,1-2H3,(H,23,25)(H2,22,24,26). The van der Waals surface area contributed by atoms with Crippen LogP contribution in [0.1, 0.15) is 25.0 Å². The van der Waals surface area contributed by atoms with Gasteiger partial charge in [-0.2, -0.15) is 0 Å². The fourth-order valence-electron chi connectivity index (χ4n) is 2.78. The van der Waals surface area contributed by atoms with E-state index in [4.69, 9.17) is 4.74 Å². The lowest BCUT2D eigenvalue weighted by Gasteiger charge is -2.13. The lowest BCUT2D eigenvalue weighted by Crippen LogP contribution is -2.34. The SMILES string of the molecule is CC(C)NC(=O)Nc1ccccc1NC(=O)C=Cc1ccc2c(c1)CCO2. The van der Waals surface area contributed by atoms with Crippen molar-refractivity contribution in [3.8, 4) is 5.75 Å². The molecule has 0 saturated carbocycles. The van der Waals surface area contributed by atoms with Crippen molar-refractivity contribution in [1.29, 1.82) is 0 Å². The molecule has 27 heavy (non-hydrogen) atoms. The molecule has 0 saturated heterocycles. The van der Waals surface area contributed by atoms with Crippen molar-refractivity contribution >= 4 is 29.4 Å². The number of anilines is 2. The highest BCUT2D eigenvalue weighted by Crippen LogP contribution is 2.26. The molecule has 0 fully saturated rings.